The van der Waals surface area contributed by atoms with Crippen LogP contribution >= 0.6 is 0 Å². The van der Waals surface area contributed by atoms with Crippen LogP contribution in [0.2, 0.25) is 0 Å². The van der Waals surface area contributed by atoms with Gasteiger partial charge in [0, 0.05) is 25.5 Å². The number of hydrogen-bond acceptors (Lipinski definition) is 8. The van der Waals surface area contributed by atoms with Crippen molar-refractivity contribution < 1.29 is 0 Å². The first-order valence-corrected chi connectivity index (χ1v) is 7.15. The van der Waals surface area contributed by atoms with Gasteiger partial charge >= 0.3 is 0 Å². The van der Waals surface area contributed by atoms with E-state index in [0.29, 0.717) is 26.1 Å². The molecule has 0 bridgehead atoms. The Morgan fingerprint density at radius 2 is 2.00 bits per heavy atom. The molecule has 0 unspecified atom stereocenters. The van der Waals surface area contributed by atoms with Gasteiger partial charge in [-0.05, 0) is 0 Å². The summed E-state index contributed by atoms with van der Waals surface area (Å²) in [6.45, 7) is 1.85. The van der Waals surface area contributed by atoms with E-state index in [-0.39, 0.29) is 0 Å². The van der Waals surface area contributed by atoms with Crippen molar-refractivity contribution in [2.75, 3.05) is 23.7 Å². The van der Waals surface area contributed by atoms with Crippen molar-refractivity contribution in [3.8, 4) is 6.07 Å². The molecule has 0 aliphatic carbocycles. The third kappa shape index (κ3) is 3.49. The van der Waals surface area contributed by atoms with Crippen LogP contribution in [0.25, 0.3) is 11.0 Å². The van der Waals surface area contributed by atoms with Gasteiger partial charge in [0.05, 0.1) is 36.8 Å². The second-order valence-electron chi connectivity index (χ2n) is 4.68. The maximum Gasteiger partial charge on any atom is 0.163 e. The predicted molar refractivity (Wildman–Crippen MR) is 84.6 cm³/mol. The van der Waals surface area contributed by atoms with Crippen molar-refractivity contribution in [2.45, 2.75) is 13.0 Å². The zero-order valence-corrected chi connectivity index (χ0v) is 12.3. The highest BCUT2D eigenvalue weighted by molar-refractivity contribution is 5.86. The Kier molecular flexibility index (Phi) is 4.54. The van der Waals surface area contributed by atoms with Crippen LogP contribution in [-0.4, -0.2) is 42.8 Å². The number of anilines is 2. The molecule has 3 aromatic rings. The molecule has 23 heavy (non-hydrogen) atoms. The standard InChI is InChI=1S/C14H15N9/c15-2-1-7-23-14-11(8-22-23)13(20-10-21-14)19-6-5-18-12-9-16-3-4-17-12/h3-4,8-10H,1,5-7H2,(H,17,18)(H,19,20,21). The van der Waals surface area contributed by atoms with E-state index < -0.39 is 0 Å². The average Bonchev–Trinajstić information content (AvgIpc) is 3.02. The molecule has 0 aliphatic heterocycles. The number of nitrogens with one attached hydrogen (secondary N) is 2. The Labute approximate surface area is 132 Å². The highest BCUT2D eigenvalue weighted by atomic mass is 15.3. The van der Waals surface area contributed by atoms with Crippen LogP contribution in [0.15, 0.2) is 31.1 Å². The fourth-order valence-electron chi connectivity index (χ4n) is 2.12. The molecule has 0 amide bonds. The SMILES string of the molecule is N#CCCn1ncc2c(NCCNc3cnccn3)ncnc21. The highest BCUT2D eigenvalue weighted by Gasteiger charge is 2.09. The fraction of sp³-hybridized carbons (Fsp3) is 0.286. The molecule has 0 saturated carbocycles. The molecule has 3 rings (SSSR count). The quantitative estimate of drug-likeness (QED) is 0.622. The molecule has 0 atom stereocenters. The second kappa shape index (κ2) is 7.13. The summed E-state index contributed by atoms with van der Waals surface area (Å²) in [5.74, 6) is 1.45. The van der Waals surface area contributed by atoms with E-state index in [1.165, 1.54) is 6.33 Å². The Morgan fingerprint density at radius 1 is 1.09 bits per heavy atom. The molecule has 9 nitrogen and oxygen atoms in total. The lowest BCUT2D eigenvalue weighted by Gasteiger charge is -2.08. The largest absolute Gasteiger partial charge is 0.368 e. The smallest absolute Gasteiger partial charge is 0.163 e. The number of aryl methyl sites for hydroxylation is 1. The molecule has 0 fully saturated rings. The summed E-state index contributed by atoms with van der Waals surface area (Å²) in [5.41, 5.74) is 0.722. The van der Waals surface area contributed by atoms with E-state index in [1.807, 2.05) is 0 Å². The van der Waals surface area contributed by atoms with Crippen LogP contribution in [0.3, 0.4) is 0 Å². The van der Waals surface area contributed by atoms with Crippen LogP contribution in [0.1, 0.15) is 6.42 Å². The predicted octanol–water partition coefficient (Wildman–Crippen LogP) is 1.05. The first-order valence-electron chi connectivity index (χ1n) is 7.15. The van der Waals surface area contributed by atoms with Crippen molar-refractivity contribution in [3.05, 3.63) is 31.1 Å². The van der Waals surface area contributed by atoms with E-state index in [0.717, 1.165) is 22.7 Å². The van der Waals surface area contributed by atoms with Gasteiger partial charge in [-0.15, -0.1) is 0 Å². The van der Waals surface area contributed by atoms with E-state index >= 15 is 0 Å². The van der Waals surface area contributed by atoms with Gasteiger partial charge in [-0.3, -0.25) is 4.98 Å². The summed E-state index contributed by atoms with van der Waals surface area (Å²) >= 11 is 0. The van der Waals surface area contributed by atoms with Gasteiger partial charge in [0.1, 0.15) is 18.0 Å². The third-order valence-corrected chi connectivity index (χ3v) is 3.16. The summed E-state index contributed by atoms with van der Waals surface area (Å²) in [7, 11) is 0. The number of hydrogen-bond donors (Lipinski definition) is 2. The highest BCUT2D eigenvalue weighted by Crippen LogP contribution is 2.18. The Morgan fingerprint density at radius 3 is 2.83 bits per heavy atom. The van der Waals surface area contributed by atoms with E-state index in [1.54, 1.807) is 29.5 Å². The Balaban J connectivity index is 1.62. The fourth-order valence-corrected chi connectivity index (χ4v) is 2.12. The van der Waals surface area contributed by atoms with Crippen LogP contribution in [0.4, 0.5) is 11.6 Å². The molecule has 0 radical (unpaired) electrons. The van der Waals surface area contributed by atoms with Gasteiger partial charge in [0.25, 0.3) is 0 Å². The lowest BCUT2D eigenvalue weighted by molar-refractivity contribution is 0.643. The van der Waals surface area contributed by atoms with Gasteiger partial charge in [0.15, 0.2) is 5.65 Å². The number of nitriles is 1. The Bertz CT molecular complexity index is 806. The monoisotopic (exact) mass is 309 g/mol. The number of nitrogens with zero attached hydrogens (tertiary/aromatic N) is 7. The van der Waals surface area contributed by atoms with Crippen LogP contribution in [0.5, 0.6) is 0 Å². The van der Waals surface area contributed by atoms with Crippen molar-refractivity contribution in [1.82, 2.24) is 29.7 Å². The minimum absolute atomic E-state index is 0.394. The van der Waals surface area contributed by atoms with Crippen molar-refractivity contribution in [3.63, 3.8) is 0 Å². The van der Waals surface area contributed by atoms with Crippen molar-refractivity contribution in [1.29, 1.82) is 5.26 Å². The van der Waals surface area contributed by atoms with Gasteiger partial charge in [-0.2, -0.15) is 10.4 Å². The summed E-state index contributed by atoms with van der Waals surface area (Å²) < 4.78 is 1.71. The van der Waals surface area contributed by atoms with Gasteiger partial charge in [-0.25, -0.2) is 19.6 Å². The van der Waals surface area contributed by atoms with Gasteiger partial charge in [0.2, 0.25) is 0 Å². The van der Waals surface area contributed by atoms with Crippen LogP contribution in [0, 0.1) is 11.3 Å². The second-order valence-corrected chi connectivity index (χ2v) is 4.68. The lowest BCUT2D eigenvalue weighted by atomic mass is 10.4. The molecular formula is C14H15N9. The van der Waals surface area contributed by atoms with Crippen molar-refractivity contribution in [2.24, 2.45) is 0 Å². The zero-order chi connectivity index (χ0) is 15.9. The molecule has 9 heteroatoms. The molecule has 3 heterocycles. The molecular weight excluding hydrogens is 294 g/mol. The summed E-state index contributed by atoms with van der Waals surface area (Å²) in [4.78, 5) is 16.6. The summed E-state index contributed by atoms with van der Waals surface area (Å²) in [6, 6.07) is 2.10. The molecule has 0 saturated heterocycles. The minimum Gasteiger partial charge on any atom is -0.368 e. The molecule has 3 aromatic heterocycles. The first-order chi connectivity index (χ1) is 11.4. The van der Waals surface area contributed by atoms with Crippen LogP contribution in [-0.2, 0) is 6.54 Å². The minimum atomic E-state index is 0.394. The summed E-state index contributed by atoms with van der Waals surface area (Å²) in [6.07, 6.45) is 8.54. The number of aromatic nitrogens is 6. The van der Waals surface area contributed by atoms with Gasteiger partial charge in [-0.1, -0.05) is 0 Å². The molecule has 0 spiro atoms. The van der Waals surface area contributed by atoms with E-state index in [9.17, 15) is 0 Å². The maximum absolute atomic E-state index is 8.68. The molecule has 116 valence electrons. The first kappa shape index (κ1) is 14.6. The summed E-state index contributed by atoms with van der Waals surface area (Å²) in [5, 5.41) is 20.2. The molecule has 0 aliphatic rings. The third-order valence-electron chi connectivity index (χ3n) is 3.16. The molecule has 2 N–H and O–H groups in total. The Hall–Kier alpha value is -3.28. The molecule has 0 aromatic carbocycles. The zero-order valence-electron chi connectivity index (χ0n) is 12.3. The lowest BCUT2D eigenvalue weighted by Crippen LogP contribution is -2.15. The van der Waals surface area contributed by atoms with E-state index in [2.05, 4.69) is 41.7 Å². The number of rotatable bonds is 7. The normalized spacial score (nSPS) is 10.4. The average molecular weight is 309 g/mol. The van der Waals surface area contributed by atoms with E-state index in [4.69, 9.17) is 5.26 Å². The maximum atomic E-state index is 8.68. The van der Waals surface area contributed by atoms with Gasteiger partial charge < -0.3 is 10.6 Å². The van der Waals surface area contributed by atoms with Crippen molar-refractivity contribution >= 4 is 22.7 Å². The number of fused-ring (bicyclic) bond motifs is 1. The van der Waals surface area contributed by atoms with Crippen LogP contribution < -0.4 is 10.6 Å². The topological polar surface area (TPSA) is 117 Å².